The number of amides is 3. The van der Waals surface area contributed by atoms with Gasteiger partial charge in [0.1, 0.15) is 5.01 Å². The summed E-state index contributed by atoms with van der Waals surface area (Å²) in [7, 11) is 0. The Balaban J connectivity index is 1.39. The van der Waals surface area contributed by atoms with Crippen molar-refractivity contribution in [2.75, 3.05) is 13.1 Å². The third kappa shape index (κ3) is 4.55. The highest BCUT2D eigenvalue weighted by Crippen LogP contribution is 2.41. The van der Waals surface area contributed by atoms with Gasteiger partial charge in [-0.2, -0.15) is 0 Å². The van der Waals surface area contributed by atoms with Crippen LogP contribution in [0.3, 0.4) is 0 Å². The summed E-state index contributed by atoms with van der Waals surface area (Å²) < 4.78 is 0. The molecule has 126 valence electrons. The molecule has 1 saturated carbocycles. The van der Waals surface area contributed by atoms with Crippen molar-refractivity contribution in [3.8, 4) is 0 Å². The van der Waals surface area contributed by atoms with Crippen molar-refractivity contribution in [1.29, 1.82) is 0 Å². The first kappa shape index (κ1) is 16.4. The zero-order valence-corrected chi connectivity index (χ0v) is 14.0. The fourth-order valence-electron chi connectivity index (χ4n) is 2.43. The molecular weight excluding hydrogens is 324 g/mol. The number of urea groups is 1. The molecular formula is C17H20N4O2S. The first-order valence-corrected chi connectivity index (χ1v) is 8.89. The lowest BCUT2D eigenvalue weighted by molar-refractivity contribution is 0.0954. The van der Waals surface area contributed by atoms with Gasteiger partial charge >= 0.3 is 6.03 Å². The van der Waals surface area contributed by atoms with Crippen molar-refractivity contribution < 1.29 is 9.59 Å². The maximum absolute atomic E-state index is 12.0. The van der Waals surface area contributed by atoms with Gasteiger partial charge in [0.05, 0.1) is 6.04 Å². The Morgan fingerprint density at radius 3 is 2.58 bits per heavy atom. The molecule has 0 radical (unpaired) electrons. The molecule has 0 bridgehead atoms. The van der Waals surface area contributed by atoms with Gasteiger partial charge in [0.15, 0.2) is 0 Å². The predicted molar refractivity (Wildman–Crippen MR) is 92.9 cm³/mol. The lowest BCUT2D eigenvalue weighted by Crippen LogP contribution is -2.42. The maximum Gasteiger partial charge on any atom is 0.315 e. The maximum atomic E-state index is 12.0. The molecule has 1 aliphatic rings. The van der Waals surface area contributed by atoms with E-state index in [1.807, 2.05) is 23.6 Å². The molecule has 0 saturated heterocycles. The van der Waals surface area contributed by atoms with Crippen molar-refractivity contribution >= 4 is 23.3 Å². The van der Waals surface area contributed by atoms with E-state index in [1.54, 1.807) is 29.7 Å². The average molecular weight is 344 g/mol. The molecule has 1 aromatic heterocycles. The Labute approximate surface area is 144 Å². The molecule has 0 aliphatic heterocycles. The van der Waals surface area contributed by atoms with Crippen molar-refractivity contribution in [2.24, 2.45) is 5.92 Å². The van der Waals surface area contributed by atoms with Crippen LogP contribution in [-0.4, -0.2) is 30.0 Å². The van der Waals surface area contributed by atoms with Crippen LogP contribution in [0.25, 0.3) is 0 Å². The summed E-state index contributed by atoms with van der Waals surface area (Å²) in [6, 6.07) is 8.77. The molecule has 6 nitrogen and oxygen atoms in total. The molecule has 1 fully saturated rings. The summed E-state index contributed by atoms with van der Waals surface area (Å²) in [6.07, 6.45) is 4.00. The molecule has 1 heterocycles. The van der Waals surface area contributed by atoms with Crippen LogP contribution in [0.5, 0.6) is 0 Å². The molecule has 24 heavy (non-hydrogen) atoms. The summed E-state index contributed by atoms with van der Waals surface area (Å²) in [5, 5.41) is 11.4. The van der Waals surface area contributed by atoms with E-state index in [0.29, 0.717) is 24.6 Å². The molecule has 1 aliphatic carbocycles. The van der Waals surface area contributed by atoms with Crippen LogP contribution in [0.1, 0.15) is 34.2 Å². The Morgan fingerprint density at radius 2 is 1.92 bits per heavy atom. The lowest BCUT2D eigenvalue weighted by Gasteiger charge is -2.16. The van der Waals surface area contributed by atoms with Gasteiger partial charge in [-0.05, 0) is 30.9 Å². The van der Waals surface area contributed by atoms with E-state index < -0.39 is 0 Å². The molecule has 3 amide bonds. The van der Waals surface area contributed by atoms with Crippen LogP contribution in [-0.2, 0) is 0 Å². The number of nitrogens with zero attached hydrogens (tertiary/aromatic N) is 1. The largest absolute Gasteiger partial charge is 0.350 e. The van der Waals surface area contributed by atoms with Gasteiger partial charge in [-0.3, -0.25) is 4.79 Å². The highest BCUT2D eigenvalue weighted by molar-refractivity contribution is 7.09. The molecule has 3 N–H and O–H groups in total. The van der Waals surface area contributed by atoms with Crippen molar-refractivity contribution in [1.82, 2.24) is 20.9 Å². The molecule has 3 rings (SSSR count). The topological polar surface area (TPSA) is 83.1 Å². The van der Waals surface area contributed by atoms with Crippen LogP contribution in [0, 0.1) is 5.92 Å². The van der Waals surface area contributed by atoms with E-state index in [4.69, 9.17) is 0 Å². The fourth-order valence-corrected chi connectivity index (χ4v) is 3.22. The molecule has 1 aromatic carbocycles. The zero-order valence-electron chi connectivity index (χ0n) is 13.2. The lowest BCUT2D eigenvalue weighted by atomic mass is 10.2. The number of nitrogens with one attached hydrogen (secondary N) is 3. The monoisotopic (exact) mass is 344 g/mol. The summed E-state index contributed by atoms with van der Waals surface area (Å²) in [5.41, 5.74) is 0.611. The Morgan fingerprint density at radius 1 is 1.17 bits per heavy atom. The Kier molecular flexibility index (Phi) is 5.43. The SMILES string of the molecule is O=C(NCCNC(=O)c1ccccc1)N[C@@H](c1nccs1)C1CC1. The van der Waals surface area contributed by atoms with Gasteiger partial charge in [-0.1, -0.05) is 18.2 Å². The van der Waals surface area contributed by atoms with Crippen LogP contribution in [0.15, 0.2) is 41.9 Å². The van der Waals surface area contributed by atoms with Crippen LogP contribution >= 0.6 is 11.3 Å². The number of rotatable bonds is 7. The van der Waals surface area contributed by atoms with E-state index in [1.165, 1.54) is 0 Å². The van der Waals surface area contributed by atoms with Crippen LogP contribution < -0.4 is 16.0 Å². The minimum Gasteiger partial charge on any atom is -0.350 e. The van der Waals surface area contributed by atoms with Crippen molar-refractivity contribution in [3.05, 3.63) is 52.5 Å². The van der Waals surface area contributed by atoms with E-state index >= 15 is 0 Å². The van der Waals surface area contributed by atoms with Gasteiger partial charge in [0.25, 0.3) is 5.91 Å². The van der Waals surface area contributed by atoms with Crippen LogP contribution in [0.2, 0.25) is 0 Å². The molecule has 7 heteroatoms. The fraction of sp³-hybridized carbons (Fsp3) is 0.353. The Bertz CT molecular complexity index is 671. The zero-order chi connectivity index (χ0) is 16.8. The van der Waals surface area contributed by atoms with E-state index in [2.05, 4.69) is 20.9 Å². The third-order valence-corrected chi connectivity index (χ3v) is 4.69. The number of carbonyl (C=O) groups is 2. The van der Waals surface area contributed by atoms with Gasteiger partial charge in [0, 0.05) is 30.2 Å². The second kappa shape index (κ2) is 7.92. The minimum absolute atomic E-state index is 0.0103. The number of thiazole rings is 1. The van der Waals surface area contributed by atoms with Crippen LogP contribution in [0.4, 0.5) is 4.79 Å². The normalized spacial score (nSPS) is 14.7. The number of benzene rings is 1. The van der Waals surface area contributed by atoms with Gasteiger partial charge in [-0.15, -0.1) is 11.3 Å². The second-order valence-electron chi connectivity index (χ2n) is 5.71. The summed E-state index contributed by atoms with van der Waals surface area (Å²) in [4.78, 5) is 28.2. The quantitative estimate of drug-likeness (QED) is 0.674. The molecule has 0 spiro atoms. The highest BCUT2D eigenvalue weighted by atomic mass is 32.1. The average Bonchev–Trinajstić information content (AvgIpc) is 3.31. The predicted octanol–water partition coefficient (Wildman–Crippen LogP) is 2.32. The molecule has 0 unspecified atom stereocenters. The standard InChI is InChI=1S/C17H20N4O2S/c22-15(13-4-2-1-3-5-13)18-8-9-20-17(23)21-14(12-6-7-12)16-19-10-11-24-16/h1-5,10-12,14H,6-9H2,(H,18,22)(H2,20,21,23)/t14-/m1/s1. The van der Waals surface area contributed by atoms with Crippen molar-refractivity contribution in [2.45, 2.75) is 18.9 Å². The van der Waals surface area contributed by atoms with Gasteiger partial charge in [0.2, 0.25) is 0 Å². The summed E-state index contributed by atoms with van der Waals surface area (Å²) in [6.45, 7) is 0.756. The molecule has 1 atom stereocenters. The highest BCUT2D eigenvalue weighted by Gasteiger charge is 2.34. The number of aromatic nitrogens is 1. The van der Waals surface area contributed by atoms with Gasteiger partial charge < -0.3 is 16.0 Å². The summed E-state index contributed by atoms with van der Waals surface area (Å²) >= 11 is 1.56. The molecule has 2 aromatic rings. The second-order valence-corrected chi connectivity index (χ2v) is 6.63. The number of carbonyl (C=O) groups excluding carboxylic acids is 2. The smallest absolute Gasteiger partial charge is 0.315 e. The van der Waals surface area contributed by atoms with E-state index in [0.717, 1.165) is 17.8 Å². The number of hydrogen-bond acceptors (Lipinski definition) is 4. The van der Waals surface area contributed by atoms with E-state index in [-0.39, 0.29) is 18.0 Å². The third-order valence-electron chi connectivity index (χ3n) is 3.83. The first-order valence-electron chi connectivity index (χ1n) is 8.01. The Hall–Kier alpha value is -2.41. The first-order chi connectivity index (χ1) is 11.7. The van der Waals surface area contributed by atoms with Crippen molar-refractivity contribution in [3.63, 3.8) is 0 Å². The minimum atomic E-state index is -0.226. The summed E-state index contributed by atoms with van der Waals surface area (Å²) in [5.74, 6) is 0.344. The van der Waals surface area contributed by atoms with E-state index in [9.17, 15) is 9.59 Å². The van der Waals surface area contributed by atoms with Gasteiger partial charge in [-0.25, -0.2) is 9.78 Å². The number of hydrogen-bond donors (Lipinski definition) is 3.